The third kappa shape index (κ3) is 2.79. The monoisotopic (exact) mass is 171 g/mol. The molecule has 0 aromatic heterocycles. The Morgan fingerprint density at radius 1 is 1.67 bits per heavy atom. The van der Waals surface area contributed by atoms with E-state index < -0.39 is 0 Å². The second kappa shape index (κ2) is 5.11. The summed E-state index contributed by atoms with van der Waals surface area (Å²) in [5.74, 6) is 0. The van der Waals surface area contributed by atoms with Crippen LogP contribution in [0.15, 0.2) is 5.16 Å². The average molecular weight is 171 g/mol. The van der Waals surface area contributed by atoms with Crippen molar-refractivity contribution >= 4 is 5.71 Å². The molecule has 1 heterocycles. The quantitative estimate of drug-likeness (QED) is 0.601. The van der Waals surface area contributed by atoms with Crippen LogP contribution >= 0.6 is 0 Å². The first-order valence-corrected chi connectivity index (χ1v) is 4.32. The lowest BCUT2D eigenvalue weighted by Gasteiger charge is -2.12. The molecular weight excluding hydrogens is 154 g/mol. The number of nitrogens with one attached hydrogen (secondary N) is 1. The molecule has 0 unspecified atom stereocenters. The summed E-state index contributed by atoms with van der Waals surface area (Å²) in [7, 11) is 3.57. The van der Waals surface area contributed by atoms with Crippen LogP contribution in [0.3, 0.4) is 0 Å². The molecular formula is C8H17N3O. The molecule has 12 heavy (non-hydrogen) atoms. The lowest BCUT2D eigenvalue weighted by atomic mass is 10.3. The molecule has 1 aliphatic rings. The summed E-state index contributed by atoms with van der Waals surface area (Å²) in [5, 5.41) is 7.07. The molecule has 0 amide bonds. The zero-order chi connectivity index (χ0) is 8.81. The van der Waals surface area contributed by atoms with E-state index in [1.54, 1.807) is 7.11 Å². The van der Waals surface area contributed by atoms with Gasteiger partial charge >= 0.3 is 0 Å². The fourth-order valence-electron chi connectivity index (χ4n) is 1.37. The highest BCUT2D eigenvalue weighted by atomic mass is 16.6. The Kier molecular flexibility index (Phi) is 4.04. The third-order valence-electron chi connectivity index (χ3n) is 2.02. The maximum Gasteiger partial charge on any atom is 0.106 e. The van der Waals surface area contributed by atoms with Crippen LogP contribution in [0.1, 0.15) is 6.42 Å². The molecule has 0 atom stereocenters. The van der Waals surface area contributed by atoms with Crippen LogP contribution in [0.2, 0.25) is 0 Å². The van der Waals surface area contributed by atoms with E-state index in [4.69, 9.17) is 4.84 Å². The maximum absolute atomic E-state index is 4.72. The predicted octanol–water partition coefficient (Wildman–Crippen LogP) is -0.0861. The molecule has 0 bridgehead atoms. The van der Waals surface area contributed by atoms with Crippen molar-refractivity contribution in [3.05, 3.63) is 0 Å². The minimum Gasteiger partial charge on any atom is -0.399 e. The largest absolute Gasteiger partial charge is 0.399 e. The van der Waals surface area contributed by atoms with E-state index in [0.717, 1.165) is 38.3 Å². The number of rotatable bonds is 4. The number of hydrogen-bond acceptors (Lipinski definition) is 4. The summed E-state index contributed by atoms with van der Waals surface area (Å²) in [5.41, 5.74) is 1.16. The number of oxime groups is 1. The van der Waals surface area contributed by atoms with Gasteiger partial charge < -0.3 is 10.2 Å². The Hall–Kier alpha value is -0.610. The van der Waals surface area contributed by atoms with Crippen LogP contribution in [-0.2, 0) is 4.84 Å². The summed E-state index contributed by atoms with van der Waals surface area (Å²) in [6.45, 7) is 4.22. The number of hydrogen-bond donors (Lipinski definition) is 1. The van der Waals surface area contributed by atoms with Crippen LogP contribution < -0.4 is 5.32 Å². The number of likely N-dealkylation sites (N-methyl/N-ethyl adjacent to an activating group) is 1. The summed E-state index contributed by atoms with van der Waals surface area (Å²) < 4.78 is 0. The van der Waals surface area contributed by atoms with Gasteiger partial charge in [-0.3, -0.25) is 4.90 Å². The van der Waals surface area contributed by atoms with E-state index >= 15 is 0 Å². The average Bonchev–Trinajstić information content (AvgIpc) is 2.50. The number of likely N-dealkylation sites (tertiary alicyclic amines) is 1. The van der Waals surface area contributed by atoms with Gasteiger partial charge in [0, 0.05) is 32.6 Å². The third-order valence-corrected chi connectivity index (χ3v) is 2.02. The van der Waals surface area contributed by atoms with Gasteiger partial charge in [-0.1, -0.05) is 5.16 Å². The molecule has 0 aliphatic carbocycles. The minimum absolute atomic E-state index is 0.968. The fraction of sp³-hybridized carbons (Fsp3) is 0.875. The van der Waals surface area contributed by atoms with Gasteiger partial charge in [0.05, 0.1) is 5.71 Å². The second-order valence-electron chi connectivity index (χ2n) is 2.97. The van der Waals surface area contributed by atoms with Crippen molar-refractivity contribution in [1.29, 1.82) is 0 Å². The van der Waals surface area contributed by atoms with Crippen molar-refractivity contribution in [1.82, 2.24) is 10.2 Å². The van der Waals surface area contributed by atoms with Crippen LogP contribution in [0.5, 0.6) is 0 Å². The highest BCUT2D eigenvalue weighted by Crippen LogP contribution is 2.04. The van der Waals surface area contributed by atoms with Crippen molar-refractivity contribution < 1.29 is 4.84 Å². The van der Waals surface area contributed by atoms with Gasteiger partial charge in [0.15, 0.2) is 0 Å². The summed E-state index contributed by atoms with van der Waals surface area (Å²) in [6.07, 6.45) is 1.05. The molecule has 70 valence electrons. The van der Waals surface area contributed by atoms with Crippen molar-refractivity contribution in [3.8, 4) is 0 Å². The first-order chi connectivity index (χ1) is 5.86. The SMILES string of the molecule is CNCCN1CCC(=NOC)C1. The summed E-state index contributed by atoms with van der Waals surface area (Å²) >= 11 is 0. The van der Waals surface area contributed by atoms with E-state index in [1.165, 1.54) is 0 Å². The van der Waals surface area contributed by atoms with E-state index in [2.05, 4.69) is 15.4 Å². The summed E-state index contributed by atoms with van der Waals surface area (Å²) in [4.78, 5) is 7.09. The Morgan fingerprint density at radius 2 is 2.50 bits per heavy atom. The van der Waals surface area contributed by atoms with Crippen LogP contribution in [0, 0.1) is 0 Å². The Labute approximate surface area is 73.6 Å². The molecule has 4 heteroatoms. The molecule has 0 spiro atoms. The topological polar surface area (TPSA) is 36.9 Å². The van der Waals surface area contributed by atoms with E-state index in [-0.39, 0.29) is 0 Å². The molecule has 0 aromatic rings. The lowest BCUT2D eigenvalue weighted by Crippen LogP contribution is -2.28. The highest BCUT2D eigenvalue weighted by molar-refractivity contribution is 5.87. The second-order valence-corrected chi connectivity index (χ2v) is 2.97. The molecule has 1 N–H and O–H groups in total. The molecule has 0 radical (unpaired) electrons. The van der Waals surface area contributed by atoms with Crippen molar-refractivity contribution in [3.63, 3.8) is 0 Å². The molecule has 1 saturated heterocycles. The fourth-order valence-corrected chi connectivity index (χ4v) is 1.37. The first kappa shape index (κ1) is 9.48. The Balaban J connectivity index is 2.21. The van der Waals surface area contributed by atoms with Crippen LogP contribution in [0.4, 0.5) is 0 Å². The normalized spacial score (nSPS) is 22.0. The van der Waals surface area contributed by atoms with Gasteiger partial charge in [0.25, 0.3) is 0 Å². The zero-order valence-corrected chi connectivity index (χ0v) is 7.84. The van der Waals surface area contributed by atoms with Crippen molar-refractivity contribution in [2.45, 2.75) is 6.42 Å². The van der Waals surface area contributed by atoms with Gasteiger partial charge in [0.1, 0.15) is 7.11 Å². The van der Waals surface area contributed by atoms with Gasteiger partial charge in [0.2, 0.25) is 0 Å². The van der Waals surface area contributed by atoms with Gasteiger partial charge in [-0.25, -0.2) is 0 Å². The van der Waals surface area contributed by atoms with Gasteiger partial charge in [-0.05, 0) is 7.05 Å². The summed E-state index contributed by atoms with van der Waals surface area (Å²) in [6, 6.07) is 0. The molecule has 1 aliphatic heterocycles. The molecule has 0 aromatic carbocycles. The van der Waals surface area contributed by atoms with Crippen LogP contribution in [0.25, 0.3) is 0 Å². The molecule has 4 nitrogen and oxygen atoms in total. The van der Waals surface area contributed by atoms with E-state index in [1.807, 2.05) is 7.05 Å². The van der Waals surface area contributed by atoms with E-state index in [0.29, 0.717) is 0 Å². The molecule has 1 fully saturated rings. The Bertz CT molecular complexity index is 158. The highest BCUT2D eigenvalue weighted by Gasteiger charge is 2.17. The lowest BCUT2D eigenvalue weighted by molar-refractivity contribution is 0.212. The van der Waals surface area contributed by atoms with E-state index in [9.17, 15) is 0 Å². The maximum atomic E-state index is 4.72. The number of nitrogens with zero attached hydrogens (tertiary/aromatic N) is 2. The zero-order valence-electron chi connectivity index (χ0n) is 7.84. The van der Waals surface area contributed by atoms with Gasteiger partial charge in [-0.15, -0.1) is 0 Å². The minimum atomic E-state index is 0.968. The molecule has 1 rings (SSSR count). The standard InChI is InChI=1S/C8H17N3O/c1-9-4-6-11-5-3-8(7-11)10-12-2/h9H,3-7H2,1-2H3. The first-order valence-electron chi connectivity index (χ1n) is 4.32. The Morgan fingerprint density at radius 3 is 3.17 bits per heavy atom. The predicted molar refractivity (Wildman–Crippen MR) is 49.4 cm³/mol. The van der Waals surface area contributed by atoms with Crippen LogP contribution in [-0.4, -0.2) is 50.9 Å². The molecule has 0 saturated carbocycles. The van der Waals surface area contributed by atoms with Crippen molar-refractivity contribution in [2.24, 2.45) is 5.16 Å². The van der Waals surface area contributed by atoms with Gasteiger partial charge in [-0.2, -0.15) is 0 Å². The smallest absolute Gasteiger partial charge is 0.106 e. The van der Waals surface area contributed by atoms with Crippen molar-refractivity contribution in [2.75, 3.05) is 40.3 Å².